The maximum atomic E-state index is 12.8. The van der Waals surface area contributed by atoms with Crippen LogP contribution in [0.3, 0.4) is 0 Å². The van der Waals surface area contributed by atoms with Gasteiger partial charge in [-0.15, -0.1) is 0 Å². The van der Waals surface area contributed by atoms with Gasteiger partial charge in [-0.3, -0.25) is 9.59 Å². The SMILES string of the molecule is CC(=O)NC(=Cc1ccc2c(c1)OCO2)C(=O)Nc1ccc2ccccc2c1. The second-order valence-electron chi connectivity index (χ2n) is 6.37. The molecule has 0 aliphatic carbocycles. The monoisotopic (exact) mass is 374 g/mol. The standard InChI is InChI=1S/C22H18N2O4/c1-14(25)23-19(10-15-6-9-20-21(11-15)28-13-27-20)22(26)24-18-8-7-16-4-2-3-5-17(16)12-18/h2-12H,13H2,1H3,(H,23,25)(H,24,26). The molecule has 6 heteroatoms. The number of carbonyl (C=O) groups excluding carboxylic acids is 2. The fourth-order valence-electron chi connectivity index (χ4n) is 2.98. The Morgan fingerprint density at radius 3 is 2.54 bits per heavy atom. The van der Waals surface area contributed by atoms with Gasteiger partial charge in [0.25, 0.3) is 5.91 Å². The van der Waals surface area contributed by atoms with E-state index in [2.05, 4.69) is 10.6 Å². The normalized spacial score (nSPS) is 12.7. The minimum absolute atomic E-state index is 0.138. The molecule has 1 aliphatic heterocycles. The lowest BCUT2D eigenvalue weighted by molar-refractivity contribution is -0.120. The van der Waals surface area contributed by atoms with Crippen LogP contribution in [0.5, 0.6) is 11.5 Å². The molecule has 0 radical (unpaired) electrons. The smallest absolute Gasteiger partial charge is 0.272 e. The van der Waals surface area contributed by atoms with Gasteiger partial charge in [-0.2, -0.15) is 0 Å². The zero-order valence-electron chi connectivity index (χ0n) is 15.2. The maximum absolute atomic E-state index is 12.8. The number of carbonyl (C=O) groups is 2. The number of hydrogen-bond acceptors (Lipinski definition) is 4. The second kappa shape index (κ2) is 7.44. The van der Waals surface area contributed by atoms with Crippen molar-refractivity contribution in [2.45, 2.75) is 6.92 Å². The van der Waals surface area contributed by atoms with Crippen LogP contribution in [-0.2, 0) is 9.59 Å². The van der Waals surface area contributed by atoms with Crippen LogP contribution in [0.2, 0.25) is 0 Å². The Morgan fingerprint density at radius 1 is 0.929 bits per heavy atom. The van der Waals surface area contributed by atoms with Crippen molar-refractivity contribution in [3.63, 3.8) is 0 Å². The quantitative estimate of drug-likeness (QED) is 0.683. The molecule has 0 unspecified atom stereocenters. The maximum Gasteiger partial charge on any atom is 0.272 e. The summed E-state index contributed by atoms with van der Waals surface area (Å²) in [5.41, 5.74) is 1.49. The molecular weight excluding hydrogens is 356 g/mol. The van der Waals surface area contributed by atoms with Gasteiger partial charge in [0.05, 0.1) is 0 Å². The number of amides is 2. The number of fused-ring (bicyclic) bond motifs is 2. The zero-order valence-corrected chi connectivity index (χ0v) is 15.2. The fraction of sp³-hybridized carbons (Fsp3) is 0.0909. The van der Waals surface area contributed by atoms with E-state index in [-0.39, 0.29) is 18.4 Å². The summed E-state index contributed by atoms with van der Waals surface area (Å²) in [6.45, 7) is 1.53. The van der Waals surface area contributed by atoms with Crippen molar-refractivity contribution in [1.29, 1.82) is 0 Å². The van der Waals surface area contributed by atoms with Crippen LogP contribution < -0.4 is 20.1 Å². The van der Waals surface area contributed by atoms with Crippen LogP contribution >= 0.6 is 0 Å². The first-order valence-corrected chi connectivity index (χ1v) is 8.77. The van der Waals surface area contributed by atoms with E-state index in [4.69, 9.17) is 9.47 Å². The van der Waals surface area contributed by atoms with Crippen LogP contribution in [-0.4, -0.2) is 18.6 Å². The van der Waals surface area contributed by atoms with Gasteiger partial charge in [0.1, 0.15) is 5.70 Å². The van der Waals surface area contributed by atoms with E-state index in [1.807, 2.05) is 42.5 Å². The minimum Gasteiger partial charge on any atom is -0.454 e. The van der Waals surface area contributed by atoms with Crippen LogP contribution in [0.25, 0.3) is 16.8 Å². The van der Waals surface area contributed by atoms with E-state index < -0.39 is 5.91 Å². The van der Waals surface area contributed by atoms with Gasteiger partial charge in [-0.05, 0) is 46.7 Å². The average Bonchev–Trinajstić information content (AvgIpc) is 3.15. The number of benzene rings is 3. The molecule has 6 nitrogen and oxygen atoms in total. The highest BCUT2D eigenvalue weighted by Crippen LogP contribution is 2.33. The molecule has 0 spiro atoms. The largest absolute Gasteiger partial charge is 0.454 e. The Balaban J connectivity index is 1.60. The van der Waals surface area contributed by atoms with Crippen LogP contribution in [0.1, 0.15) is 12.5 Å². The highest BCUT2D eigenvalue weighted by Gasteiger charge is 2.15. The number of nitrogens with one attached hydrogen (secondary N) is 2. The Kier molecular flexibility index (Phi) is 4.68. The molecule has 2 N–H and O–H groups in total. The predicted molar refractivity (Wildman–Crippen MR) is 107 cm³/mol. The van der Waals surface area contributed by atoms with Gasteiger partial charge in [0.15, 0.2) is 11.5 Å². The Morgan fingerprint density at radius 2 is 1.71 bits per heavy atom. The number of anilines is 1. The molecule has 2 amide bonds. The van der Waals surface area contributed by atoms with Gasteiger partial charge < -0.3 is 20.1 Å². The molecule has 0 atom stereocenters. The molecule has 0 fully saturated rings. The van der Waals surface area contributed by atoms with Crippen molar-refractivity contribution < 1.29 is 19.1 Å². The zero-order chi connectivity index (χ0) is 19.5. The molecule has 28 heavy (non-hydrogen) atoms. The highest BCUT2D eigenvalue weighted by atomic mass is 16.7. The molecule has 1 aliphatic rings. The lowest BCUT2D eigenvalue weighted by atomic mass is 10.1. The van der Waals surface area contributed by atoms with Gasteiger partial charge >= 0.3 is 0 Å². The lowest BCUT2D eigenvalue weighted by Gasteiger charge is -2.11. The summed E-state index contributed by atoms with van der Waals surface area (Å²) in [4.78, 5) is 24.4. The summed E-state index contributed by atoms with van der Waals surface area (Å²) in [6.07, 6.45) is 1.60. The topological polar surface area (TPSA) is 76.7 Å². The van der Waals surface area contributed by atoms with Crippen molar-refractivity contribution in [3.05, 3.63) is 71.9 Å². The molecule has 0 saturated carbocycles. The van der Waals surface area contributed by atoms with E-state index >= 15 is 0 Å². The highest BCUT2D eigenvalue weighted by molar-refractivity contribution is 6.09. The molecule has 0 saturated heterocycles. The average molecular weight is 374 g/mol. The predicted octanol–water partition coefficient (Wildman–Crippen LogP) is 3.68. The van der Waals surface area contributed by atoms with Crippen molar-refractivity contribution in [2.24, 2.45) is 0 Å². The molecule has 0 aromatic heterocycles. The first-order valence-electron chi connectivity index (χ1n) is 8.77. The van der Waals surface area contributed by atoms with Gasteiger partial charge in [-0.25, -0.2) is 0 Å². The summed E-state index contributed by atoms with van der Waals surface area (Å²) < 4.78 is 10.7. The van der Waals surface area contributed by atoms with E-state index in [0.717, 1.165) is 10.8 Å². The van der Waals surface area contributed by atoms with Crippen LogP contribution in [0, 0.1) is 0 Å². The first kappa shape index (κ1) is 17.6. The van der Waals surface area contributed by atoms with E-state index in [1.54, 1.807) is 24.3 Å². The number of ether oxygens (including phenoxy) is 2. The van der Waals surface area contributed by atoms with Crippen molar-refractivity contribution in [1.82, 2.24) is 5.32 Å². The van der Waals surface area contributed by atoms with E-state index in [9.17, 15) is 9.59 Å². The molecule has 1 heterocycles. The lowest BCUT2D eigenvalue weighted by Crippen LogP contribution is -2.28. The Bertz CT molecular complexity index is 1100. The van der Waals surface area contributed by atoms with Crippen LogP contribution in [0.15, 0.2) is 66.4 Å². The molecular formula is C22H18N2O4. The summed E-state index contributed by atoms with van der Waals surface area (Å²) in [5, 5.41) is 7.52. The third-order valence-corrected chi connectivity index (χ3v) is 4.27. The molecule has 0 bridgehead atoms. The minimum atomic E-state index is -0.414. The third-order valence-electron chi connectivity index (χ3n) is 4.27. The van der Waals surface area contributed by atoms with Gasteiger partial charge in [0, 0.05) is 12.6 Å². The van der Waals surface area contributed by atoms with Gasteiger partial charge in [-0.1, -0.05) is 36.4 Å². The number of rotatable bonds is 4. The second-order valence-corrected chi connectivity index (χ2v) is 6.37. The Hall–Kier alpha value is -3.80. The first-order chi connectivity index (χ1) is 13.6. The third kappa shape index (κ3) is 3.81. The summed E-state index contributed by atoms with van der Waals surface area (Å²) in [6, 6.07) is 18.8. The molecule has 3 aromatic carbocycles. The molecule has 3 aromatic rings. The van der Waals surface area contributed by atoms with Crippen LogP contribution in [0.4, 0.5) is 5.69 Å². The summed E-state index contributed by atoms with van der Waals surface area (Å²) in [5.74, 6) is 0.508. The molecule has 4 rings (SSSR count). The van der Waals surface area contributed by atoms with E-state index in [0.29, 0.717) is 22.7 Å². The summed E-state index contributed by atoms with van der Waals surface area (Å²) in [7, 11) is 0. The number of hydrogen-bond donors (Lipinski definition) is 2. The Labute approximate surface area is 161 Å². The fourth-order valence-corrected chi connectivity index (χ4v) is 2.98. The summed E-state index contributed by atoms with van der Waals surface area (Å²) >= 11 is 0. The molecule has 140 valence electrons. The van der Waals surface area contributed by atoms with Crippen molar-refractivity contribution in [2.75, 3.05) is 12.1 Å². The van der Waals surface area contributed by atoms with E-state index in [1.165, 1.54) is 6.92 Å². The van der Waals surface area contributed by atoms with Crippen molar-refractivity contribution >= 4 is 34.4 Å². The van der Waals surface area contributed by atoms with Crippen molar-refractivity contribution in [3.8, 4) is 11.5 Å². The van der Waals surface area contributed by atoms with Gasteiger partial charge in [0.2, 0.25) is 12.7 Å².